The highest BCUT2D eigenvalue weighted by Crippen LogP contribution is 2.14. The molecule has 1 heterocycles. The van der Waals surface area contributed by atoms with Gasteiger partial charge in [-0.2, -0.15) is 0 Å². The van der Waals surface area contributed by atoms with Gasteiger partial charge in [-0.15, -0.1) is 0 Å². The van der Waals surface area contributed by atoms with Crippen LogP contribution in [0.4, 0.5) is 0 Å². The third-order valence-corrected chi connectivity index (χ3v) is 3.31. The van der Waals surface area contributed by atoms with Gasteiger partial charge in [-0.25, -0.2) is 9.59 Å². The fourth-order valence-electron chi connectivity index (χ4n) is 2.09. The molecule has 0 aromatic heterocycles. The van der Waals surface area contributed by atoms with Crippen molar-refractivity contribution in [3.8, 4) is 0 Å². The first kappa shape index (κ1) is 16.2. The van der Waals surface area contributed by atoms with Gasteiger partial charge in [-0.05, 0) is 37.5 Å². The summed E-state index contributed by atoms with van der Waals surface area (Å²) in [6.45, 7) is 6.19. The summed E-state index contributed by atoms with van der Waals surface area (Å²) < 4.78 is 15.7. The summed E-state index contributed by atoms with van der Waals surface area (Å²) in [5, 5.41) is 0. The van der Waals surface area contributed by atoms with Crippen molar-refractivity contribution in [3.05, 3.63) is 47.5 Å². The van der Waals surface area contributed by atoms with E-state index in [4.69, 9.17) is 14.2 Å². The summed E-state index contributed by atoms with van der Waals surface area (Å²) in [7, 11) is 0. The van der Waals surface area contributed by atoms with Gasteiger partial charge in [0.1, 0.15) is 13.2 Å². The monoisotopic (exact) mass is 304 g/mol. The Morgan fingerprint density at radius 1 is 1.36 bits per heavy atom. The van der Waals surface area contributed by atoms with Crippen LogP contribution in [0.25, 0.3) is 0 Å². The lowest BCUT2D eigenvalue weighted by molar-refractivity contribution is -0.140. The van der Waals surface area contributed by atoms with Crippen molar-refractivity contribution >= 4 is 11.9 Å². The average Bonchev–Trinajstić information content (AvgIpc) is 3.03. The first-order valence-corrected chi connectivity index (χ1v) is 7.26. The predicted molar refractivity (Wildman–Crippen MR) is 80.3 cm³/mol. The van der Waals surface area contributed by atoms with Crippen LogP contribution < -0.4 is 0 Å². The molecule has 1 aromatic rings. The Hall–Kier alpha value is -2.14. The number of hydrogen-bond acceptors (Lipinski definition) is 5. The van der Waals surface area contributed by atoms with E-state index in [0.29, 0.717) is 11.1 Å². The number of ether oxygens (including phenoxy) is 3. The molecule has 0 aliphatic carbocycles. The molecule has 0 amide bonds. The maximum absolute atomic E-state index is 12.0. The van der Waals surface area contributed by atoms with Gasteiger partial charge < -0.3 is 14.2 Å². The van der Waals surface area contributed by atoms with Crippen molar-refractivity contribution in [2.75, 3.05) is 13.2 Å². The lowest BCUT2D eigenvalue weighted by Crippen LogP contribution is -2.18. The minimum Gasteiger partial charge on any atom is -0.459 e. The summed E-state index contributed by atoms with van der Waals surface area (Å²) in [5.41, 5.74) is 1.50. The van der Waals surface area contributed by atoms with Crippen molar-refractivity contribution < 1.29 is 23.8 Å². The Bertz CT molecular complexity index is 558. The van der Waals surface area contributed by atoms with Crippen LogP contribution in [-0.4, -0.2) is 31.3 Å². The van der Waals surface area contributed by atoms with E-state index >= 15 is 0 Å². The van der Waals surface area contributed by atoms with E-state index in [-0.39, 0.29) is 19.3 Å². The van der Waals surface area contributed by atoms with Gasteiger partial charge in [0.2, 0.25) is 0 Å². The molecule has 1 fully saturated rings. The van der Waals surface area contributed by atoms with Crippen molar-refractivity contribution in [1.82, 2.24) is 0 Å². The molecule has 1 aliphatic rings. The summed E-state index contributed by atoms with van der Waals surface area (Å²) in [6.07, 6.45) is 1.93. The zero-order chi connectivity index (χ0) is 15.9. The normalized spacial score (nSPS) is 17.0. The summed E-state index contributed by atoms with van der Waals surface area (Å²) in [5.74, 6) is -0.852. The molecule has 0 radical (unpaired) electrons. The maximum Gasteiger partial charge on any atom is 0.338 e. The van der Waals surface area contributed by atoms with E-state index in [9.17, 15) is 9.59 Å². The number of benzene rings is 1. The molecule has 0 spiro atoms. The van der Waals surface area contributed by atoms with Gasteiger partial charge in [0.25, 0.3) is 0 Å². The number of hydrogen-bond donors (Lipinski definition) is 0. The second kappa shape index (κ2) is 7.75. The average molecular weight is 304 g/mol. The minimum atomic E-state index is -0.452. The third kappa shape index (κ3) is 4.70. The Balaban J connectivity index is 1.88. The Labute approximate surface area is 129 Å². The zero-order valence-electron chi connectivity index (χ0n) is 12.7. The lowest BCUT2D eigenvalue weighted by atomic mass is 10.1. The molecule has 1 saturated heterocycles. The molecule has 118 valence electrons. The molecule has 5 heteroatoms. The topological polar surface area (TPSA) is 61.8 Å². The van der Waals surface area contributed by atoms with Crippen LogP contribution >= 0.6 is 0 Å². The van der Waals surface area contributed by atoms with E-state index in [2.05, 4.69) is 6.58 Å². The number of carbonyl (C=O) groups excluding carboxylic acids is 2. The third-order valence-electron chi connectivity index (χ3n) is 3.31. The lowest BCUT2D eigenvalue weighted by Gasteiger charge is -2.11. The summed E-state index contributed by atoms with van der Waals surface area (Å²) in [6, 6.07) is 6.83. The van der Waals surface area contributed by atoms with Crippen LogP contribution in [0.1, 0.15) is 35.7 Å². The van der Waals surface area contributed by atoms with E-state index in [1.807, 2.05) is 0 Å². The smallest absolute Gasteiger partial charge is 0.338 e. The highest BCUT2D eigenvalue weighted by atomic mass is 16.6. The molecule has 0 N–H and O–H groups in total. The van der Waals surface area contributed by atoms with Gasteiger partial charge in [0, 0.05) is 12.2 Å². The molecule has 1 atom stereocenters. The molecular weight excluding hydrogens is 284 g/mol. The van der Waals surface area contributed by atoms with Crippen LogP contribution in [0.2, 0.25) is 0 Å². The van der Waals surface area contributed by atoms with Crippen molar-refractivity contribution in [1.29, 1.82) is 0 Å². The second-order valence-electron chi connectivity index (χ2n) is 5.29. The largest absolute Gasteiger partial charge is 0.459 e. The highest BCUT2D eigenvalue weighted by Gasteiger charge is 2.18. The standard InChI is InChI=1S/C17H20O5/c1-12(2)16(18)21-10-13-5-3-6-14(9-13)17(19)22-11-15-7-4-8-20-15/h3,5-6,9,15H,1,4,7-8,10-11H2,2H3. The van der Waals surface area contributed by atoms with Gasteiger partial charge in [-0.3, -0.25) is 0 Å². The second-order valence-corrected chi connectivity index (χ2v) is 5.29. The number of esters is 2. The Kier molecular flexibility index (Phi) is 5.72. The van der Waals surface area contributed by atoms with Crippen molar-refractivity contribution in [2.45, 2.75) is 32.5 Å². The molecule has 0 saturated carbocycles. The summed E-state index contributed by atoms with van der Waals surface area (Å²) in [4.78, 5) is 23.4. The van der Waals surface area contributed by atoms with Crippen LogP contribution in [0, 0.1) is 0 Å². The number of rotatable bonds is 6. The van der Waals surface area contributed by atoms with E-state index in [1.54, 1.807) is 31.2 Å². The Morgan fingerprint density at radius 2 is 2.18 bits per heavy atom. The predicted octanol–water partition coefficient (Wildman–Crippen LogP) is 2.64. The zero-order valence-corrected chi connectivity index (χ0v) is 12.7. The number of carbonyl (C=O) groups is 2. The molecule has 2 rings (SSSR count). The first-order chi connectivity index (χ1) is 10.6. The summed E-state index contributed by atoms with van der Waals surface area (Å²) >= 11 is 0. The highest BCUT2D eigenvalue weighted by molar-refractivity contribution is 5.89. The fourth-order valence-corrected chi connectivity index (χ4v) is 2.09. The molecular formula is C17H20O5. The van der Waals surface area contributed by atoms with Crippen LogP contribution in [0.5, 0.6) is 0 Å². The molecule has 22 heavy (non-hydrogen) atoms. The first-order valence-electron chi connectivity index (χ1n) is 7.26. The Morgan fingerprint density at radius 3 is 2.86 bits per heavy atom. The quantitative estimate of drug-likeness (QED) is 0.597. The van der Waals surface area contributed by atoms with Crippen LogP contribution in [-0.2, 0) is 25.6 Å². The van der Waals surface area contributed by atoms with Gasteiger partial charge in [0.05, 0.1) is 11.7 Å². The molecule has 5 nitrogen and oxygen atoms in total. The molecule has 1 aliphatic heterocycles. The minimum absolute atomic E-state index is 0.00338. The molecule has 1 aromatic carbocycles. The van der Waals surface area contributed by atoms with Crippen LogP contribution in [0.15, 0.2) is 36.4 Å². The maximum atomic E-state index is 12.0. The van der Waals surface area contributed by atoms with E-state index < -0.39 is 11.9 Å². The van der Waals surface area contributed by atoms with Gasteiger partial charge in [-0.1, -0.05) is 18.7 Å². The van der Waals surface area contributed by atoms with E-state index in [0.717, 1.165) is 25.0 Å². The van der Waals surface area contributed by atoms with Crippen molar-refractivity contribution in [3.63, 3.8) is 0 Å². The fraction of sp³-hybridized carbons (Fsp3) is 0.412. The van der Waals surface area contributed by atoms with Crippen LogP contribution in [0.3, 0.4) is 0 Å². The van der Waals surface area contributed by atoms with Crippen molar-refractivity contribution in [2.24, 2.45) is 0 Å². The van der Waals surface area contributed by atoms with E-state index in [1.165, 1.54) is 0 Å². The van der Waals surface area contributed by atoms with Gasteiger partial charge in [0.15, 0.2) is 0 Å². The molecule has 1 unspecified atom stereocenters. The molecule has 0 bridgehead atoms. The van der Waals surface area contributed by atoms with Gasteiger partial charge >= 0.3 is 11.9 Å². The SMILES string of the molecule is C=C(C)C(=O)OCc1cccc(C(=O)OCC2CCCO2)c1.